The van der Waals surface area contributed by atoms with Crippen molar-refractivity contribution in [3.63, 3.8) is 0 Å². The molecule has 3 unspecified atom stereocenters. The highest BCUT2D eigenvalue weighted by molar-refractivity contribution is 5.29. The van der Waals surface area contributed by atoms with Crippen molar-refractivity contribution < 1.29 is 17.9 Å². The number of benzene rings is 1. The number of nitrogens with one attached hydrogen (secondary N) is 1. The van der Waals surface area contributed by atoms with Crippen LogP contribution in [0.3, 0.4) is 0 Å². The summed E-state index contributed by atoms with van der Waals surface area (Å²) in [7, 11) is 2.06. The van der Waals surface area contributed by atoms with Crippen LogP contribution in [0.15, 0.2) is 24.3 Å². The largest absolute Gasteiger partial charge is 0.416 e. The van der Waals surface area contributed by atoms with E-state index >= 15 is 0 Å². The lowest BCUT2D eigenvalue weighted by molar-refractivity contribution is -0.137. The molecule has 4 heterocycles. The molecule has 3 atom stereocenters. The monoisotopic (exact) mass is 477 g/mol. The standard InChI is InChI=1S/C25H34F3N5O/c1-32-21(30-31-24(32)18-10-14-34-15-11-18)4-2-3-13-33-16-19-9-12-29-22(19)23(33)17-5-7-20(8-6-17)25(26,27)28/h5-8,18-19,22-23,29H,2-4,9-16H2,1H3. The van der Waals surface area contributed by atoms with Gasteiger partial charge < -0.3 is 14.6 Å². The number of hydrogen-bond donors (Lipinski definition) is 1. The molecule has 6 nitrogen and oxygen atoms in total. The zero-order chi connectivity index (χ0) is 23.7. The minimum absolute atomic E-state index is 0.129. The number of rotatable bonds is 7. The van der Waals surface area contributed by atoms with E-state index in [2.05, 4.69) is 32.0 Å². The fourth-order valence-electron chi connectivity index (χ4n) is 6.02. The average molecular weight is 478 g/mol. The van der Waals surface area contributed by atoms with Crippen molar-refractivity contribution in [2.75, 3.05) is 32.8 Å². The first-order chi connectivity index (χ1) is 16.4. The maximum atomic E-state index is 13.0. The average Bonchev–Trinajstić information content (AvgIpc) is 3.51. The van der Waals surface area contributed by atoms with Crippen LogP contribution in [0.4, 0.5) is 13.2 Å². The van der Waals surface area contributed by atoms with Crippen molar-refractivity contribution in [3.8, 4) is 0 Å². The Labute approximate surface area is 198 Å². The van der Waals surface area contributed by atoms with Crippen LogP contribution in [-0.4, -0.2) is 58.6 Å². The summed E-state index contributed by atoms with van der Waals surface area (Å²) in [6.07, 6.45) is 1.76. The molecule has 1 N–H and O–H groups in total. The van der Waals surface area contributed by atoms with Crippen molar-refractivity contribution in [1.29, 1.82) is 0 Å². The minimum atomic E-state index is -4.30. The van der Waals surface area contributed by atoms with Gasteiger partial charge in [-0.3, -0.25) is 4.90 Å². The van der Waals surface area contributed by atoms with Gasteiger partial charge in [0, 0.05) is 45.2 Å². The number of fused-ring (bicyclic) bond motifs is 1. The number of alkyl halides is 3. The van der Waals surface area contributed by atoms with Crippen LogP contribution < -0.4 is 5.32 Å². The topological polar surface area (TPSA) is 55.2 Å². The number of aromatic nitrogens is 3. The SMILES string of the molecule is Cn1c(CCCCN2CC3CCNC3C2c2ccc(C(F)(F)F)cc2)nnc1C1CCOCC1. The van der Waals surface area contributed by atoms with Gasteiger partial charge >= 0.3 is 6.18 Å². The maximum Gasteiger partial charge on any atom is 0.416 e. The first-order valence-corrected chi connectivity index (χ1v) is 12.5. The van der Waals surface area contributed by atoms with Crippen molar-refractivity contribution in [1.82, 2.24) is 25.0 Å². The first-order valence-electron chi connectivity index (χ1n) is 12.5. The Balaban J connectivity index is 1.19. The lowest BCUT2D eigenvalue weighted by Gasteiger charge is -2.29. The van der Waals surface area contributed by atoms with Crippen molar-refractivity contribution in [2.24, 2.45) is 13.0 Å². The second-order valence-electron chi connectivity index (χ2n) is 9.97. The Morgan fingerprint density at radius 1 is 1.06 bits per heavy atom. The van der Waals surface area contributed by atoms with E-state index in [1.807, 2.05) is 0 Å². The van der Waals surface area contributed by atoms with Crippen LogP contribution in [0.1, 0.15) is 66.8 Å². The summed E-state index contributed by atoms with van der Waals surface area (Å²) in [6.45, 7) is 4.51. The molecule has 0 spiro atoms. The Bertz CT molecular complexity index is 954. The van der Waals surface area contributed by atoms with E-state index in [9.17, 15) is 13.2 Å². The molecule has 1 aromatic carbocycles. The summed E-state index contributed by atoms with van der Waals surface area (Å²) < 4.78 is 46.7. The van der Waals surface area contributed by atoms with Gasteiger partial charge in [-0.25, -0.2) is 0 Å². The van der Waals surface area contributed by atoms with E-state index in [4.69, 9.17) is 4.74 Å². The molecule has 1 aromatic heterocycles. The van der Waals surface area contributed by atoms with Gasteiger partial charge in [0.15, 0.2) is 0 Å². The minimum Gasteiger partial charge on any atom is -0.381 e. The molecule has 3 fully saturated rings. The van der Waals surface area contributed by atoms with Gasteiger partial charge in [-0.05, 0) is 68.8 Å². The third-order valence-electron chi connectivity index (χ3n) is 7.87. The van der Waals surface area contributed by atoms with Crippen LogP contribution >= 0.6 is 0 Å². The fraction of sp³-hybridized carbons (Fsp3) is 0.680. The van der Waals surface area contributed by atoms with E-state index < -0.39 is 11.7 Å². The summed E-state index contributed by atoms with van der Waals surface area (Å²) >= 11 is 0. The number of aryl methyl sites for hydroxylation is 1. The van der Waals surface area contributed by atoms with Gasteiger partial charge in [0.1, 0.15) is 11.6 Å². The molecule has 0 bridgehead atoms. The van der Waals surface area contributed by atoms with Gasteiger partial charge in [-0.15, -0.1) is 10.2 Å². The normalized spacial score (nSPS) is 26.3. The molecular formula is C25H34F3N5O. The van der Waals surface area contributed by atoms with Crippen molar-refractivity contribution in [2.45, 2.75) is 62.7 Å². The van der Waals surface area contributed by atoms with Crippen molar-refractivity contribution >= 4 is 0 Å². The third-order valence-corrected chi connectivity index (χ3v) is 7.87. The van der Waals surface area contributed by atoms with Crippen LogP contribution in [0.25, 0.3) is 0 Å². The van der Waals surface area contributed by atoms with Crippen LogP contribution in [-0.2, 0) is 24.4 Å². The number of likely N-dealkylation sites (tertiary alicyclic amines) is 1. The molecule has 9 heteroatoms. The fourth-order valence-corrected chi connectivity index (χ4v) is 6.02. The van der Waals surface area contributed by atoms with E-state index in [0.29, 0.717) is 17.9 Å². The first kappa shape index (κ1) is 23.8. The summed E-state index contributed by atoms with van der Waals surface area (Å²) in [5.41, 5.74) is 0.393. The molecule has 34 heavy (non-hydrogen) atoms. The number of unbranched alkanes of at least 4 members (excludes halogenated alkanes) is 1. The van der Waals surface area contributed by atoms with Gasteiger partial charge in [-0.1, -0.05) is 12.1 Å². The Morgan fingerprint density at radius 2 is 1.82 bits per heavy atom. The highest BCUT2D eigenvalue weighted by Gasteiger charge is 2.44. The molecule has 0 radical (unpaired) electrons. The number of hydrogen-bond acceptors (Lipinski definition) is 5. The summed E-state index contributed by atoms with van der Waals surface area (Å²) in [5, 5.41) is 12.5. The van der Waals surface area contributed by atoms with Gasteiger partial charge in [0.2, 0.25) is 0 Å². The molecule has 0 saturated carbocycles. The molecule has 186 valence electrons. The highest BCUT2D eigenvalue weighted by Crippen LogP contribution is 2.40. The number of ether oxygens (including phenoxy) is 1. The summed E-state index contributed by atoms with van der Waals surface area (Å²) in [5.74, 6) is 3.09. The zero-order valence-electron chi connectivity index (χ0n) is 19.7. The Hall–Kier alpha value is -1.97. The van der Waals surface area contributed by atoms with Gasteiger partial charge in [-0.2, -0.15) is 13.2 Å². The second-order valence-corrected chi connectivity index (χ2v) is 9.97. The van der Waals surface area contributed by atoms with Gasteiger partial charge in [0.25, 0.3) is 0 Å². The Morgan fingerprint density at radius 3 is 2.56 bits per heavy atom. The van der Waals surface area contributed by atoms with Crippen LogP contribution in [0.2, 0.25) is 0 Å². The molecule has 5 rings (SSSR count). The molecule has 0 aliphatic carbocycles. The molecule has 3 saturated heterocycles. The van der Waals surface area contributed by atoms with Gasteiger partial charge in [0.05, 0.1) is 11.6 Å². The molecular weight excluding hydrogens is 443 g/mol. The molecule has 3 aliphatic rings. The van der Waals surface area contributed by atoms with Crippen LogP contribution in [0, 0.1) is 5.92 Å². The number of halogens is 3. The number of nitrogens with zero attached hydrogens (tertiary/aromatic N) is 4. The highest BCUT2D eigenvalue weighted by atomic mass is 19.4. The van der Waals surface area contributed by atoms with E-state index in [0.717, 1.165) is 88.6 Å². The molecule has 0 amide bonds. The molecule has 3 aliphatic heterocycles. The second kappa shape index (κ2) is 9.95. The smallest absolute Gasteiger partial charge is 0.381 e. The summed E-state index contributed by atoms with van der Waals surface area (Å²) in [4.78, 5) is 2.47. The zero-order valence-corrected chi connectivity index (χ0v) is 19.7. The predicted octanol–water partition coefficient (Wildman–Crippen LogP) is 4.09. The molecule has 2 aromatic rings. The lowest BCUT2D eigenvalue weighted by Crippen LogP contribution is -2.35. The predicted molar refractivity (Wildman–Crippen MR) is 122 cm³/mol. The Kier molecular flexibility index (Phi) is 6.95. The maximum absolute atomic E-state index is 13.0. The van der Waals surface area contributed by atoms with Crippen molar-refractivity contribution in [3.05, 3.63) is 47.0 Å². The van der Waals surface area contributed by atoms with E-state index in [-0.39, 0.29) is 6.04 Å². The summed E-state index contributed by atoms with van der Waals surface area (Å²) in [6, 6.07) is 6.22. The lowest BCUT2D eigenvalue weighted by atomic mass is 9.94. The third kappa shape index (κ3) is 4.88. The van der Waals surface area contributed by atoms with Crippen LogP contribution in [0.5, 0.6) is 0 Å². The van der Waals surface area contributed by atoms with E-state index in [1.54, 1.807) is 12.1 Å². The quantitative estimate of drug-likeness (QED) is 0.609. The van der Waals surface area contributed by atoms with E-state index in [1.165, 1.54) is 12.1 Å².